The van der Waals surface area contributed by atoms with Crippen molar-refractivity contribution in [3.63, 3.8) is 0 Å². The number of hydrogen-bond donors (Lipinski definition) is 0. The van der Waals surface area contributed by atoms with Crippen LogP contribution in [0.5, 0.6) is 11.5 Å². The van der Waals surface area contributed by atoms with Gasteiger partial charge in [-0.1, -0.05) is 43.3 Å². The van der Waals surface area contributed by atoms with E-state index in [1.807, 2.05) is 30.3 Å². The van der Waals surface area contributed by atoms with E-state index in [9.17, 15) is 0 Å². The molecule has 30 heavy (non-hydrogen) atoms. The van der Waals surface area contributed by atoms with Crippen molar-refractivity contribution in [1.82, 2.24) is 9.55 Å². The van der Waals surface area contributed by atoms with Crippen LogP contribution in [0.1, 0.15) is 29.4 Å². The monoisotopic (exact) mass is 400 g/mol. The van der Waals surface area contributed by atoms with Crippen molar-refractivity contribution in [2.24, 2.45) is 0 Å². The molecule has 1 heterocycles. The summed E-state index contributed by atoms with van der Waals surface area (Å²) in [4.78, 5) is 4.81. The van der Waals surface area contributed by atoms with Crippen LogP contribution in [0.3, 0.4) is 0 Å². The maximum absolute atomic E-state index is 6.14. The van der Waals surface area contributed by atoms with Gasteiger partial charge in [-0.25, -0.2) is 4.98 Å². The number of para-hydroxylation sites is 2. The number of hydrogen-bond acceptors (Lipinski definition) is 3. The highest BCUT2D eigenvalue weighted by Gasteiger charge is 2.12. The van der Waals surface area contributed by atoms with Crippen molar-refractivity contribution in [3.05, 3.63) is 89.2 Å². The molecule has 4 rings (SSSR count). The van der Waals surface area contributed by atoms with E-state index in [-0.39, 0.29) is 0 Å². The lowest BCUT2D eigenvalue weighted by atomic mass is 10.1. The fourth-order valence-electron chi connectivity index (χ4n) is 3.57. The SMILES string of the molecule is CCc1ccc(OCCn2c(COc3cc(C)ccc3C)nc3ccccc32)cc1. The molecule has 0 saturated carbocycles. The minimum atomic E-state index is 0.421. The summed E-state index contributed by atoms with van der Waals surface area (Å²) in [6.45, 7) is 8.00. The Kier molecular flexibility index (Phi) is 6.03. The van der Waals surface area contributed by atoms with Crippen LogP contribution < -0.4 is 9.47 Å². The van der Waals surface area contributed by atoms with Crippen molar-refractivity contribution in [1.29, 1.82) is 0 Å². The van der Waals surface area contributed by atoms with Gasteiger partial charge in [0.25, 0.3) is 0 Å². The molecule has 3 aromatic carbocycles. The number of fused-ring (bicyclic) bond motifs is 1. The van der Waals surface area contributed by atoms with E-state index >= 15 is 0 Å². The second kappa shape index (κ2) is 9.04. The van der Waals surface area contributed by atoms with Crippen molar-refractivity contribution in [2.75, 3.05) is 6.61 Å². The fraction of sp³-hybridized carbons (Fsp3) is 0.269. The molecule has 0 aliphatic carbocycles. The standard InChI is InChI=1S/C26H28N2O2/c1-4-21-11-13-22(14-12-21)29-16-15-28-24-8-6-5-7-23(24)27-26(28)18-30-25-17-19(2)9-10-20(25)3/h5-14,17H,4,15-16,18H2,1-3H3. The molecule has 0 radical (unpaired) electrons. The first-order valence-corrected chi connectivity index (χ1v) is 10.5. The number of rotatable bonds is 8. The topological polar surface area (TPSA) is 36.3 Å². The minimum absolute atomic E-state index is 0.421. The average Bonchev–Trinajstić information content (AvgIpc) is 3.12. The van der Waals surface area contributed by atoms with E-state index in [1.54, 1.807) is 0 Å². The average molecular weight is 401 g/mol. The first-order valence-electron chi connectivity index (χ1n) is 10.5. The second-order valence-electron chi connectivity index (χ2n) is 7.57. The maximum atomic E-state index is 6.14. The number of ether oxygens (including phenoxy) is 2. The third-order valence-corrected chi connectivity index (χ3v) is 5.35. The van der Waals surface area contributed by atoms with Crippen LogP contribution >= 0.6 is 0 Å². The van der Waals surface area contributed by atoms with Gasteiger partial charge >= 0.3 is 0 Å². The zero-order chi connectivity index (χ0) is 20.9. The molecule has 0 bridgehead atoms. The fourth-order valence-corrected chi connectivity index (χ4v) is 3.57. The van der Waals surface area contributed by atoms with E-state index < -0.39 is 0 Å². The highest BCUT2D eigenvalue weighted by Crippen LogP contribution is 2.22. The molecule has 0 atom stereocenters. The van der Waals surface area contributed by atoms with Crippen LogP contribution in [0.15, 0.2) is 66.7 Å². The van der Waals surface area contributed by atoms with Gasteiger partial charge in [0.15, 0.2) is 0 Å². The Morgan fingerprint density at radius 3 is 2.50 bits per heavy atom. The molecule has 4 aromatic rings. The summed E-state index contributed by atoms with van der Waals surface area (Å²) in [5.41, 5.74) is 5.70. The van der Waals surface area contributed by atoms with Crippen LogP contribution in [-0.4, -0.2) is 16.2 Å². The molecule has 0 saturated heterocycles. The minimum Gasteiger partial charge on any atom is -0.492 e. The van der Waals surface area contributed by atoms with Crippen LogP contribution in [0.4, 0.5) is 0 Å². The van der Waals surface area contributed by atoms with Gasteiger partial charge < -0.3 is 14.0 Å². The van der Waals surface area contributed by atoms with E-state index in [0.717, 1.165) is 40.3 Å². The third kappa shape index (κ3) is 4.48. The smallest absolute Gasteiger partial charge is 0.148 e. The molecule has 0 amide bonds. The molecule has 4 nitrogen and oxygen atoms in total. The molecule has 154 valence electrons. The highest BCUT2D eigenvalue weighted by molar-refractivity contribution is 5.75. The Balaban J connectivity index is 1.50. The molecule has 0 fully saturated rings. The van der Waals surface area contributed by atoms with E-state index in [2.05, 4.69) is 61.7 Å². The van der Waals surface area contributed by atoms with E-state index in [0.29, 0.717) is 19.8 Å². The van der Waals surface area contributed by atoms with Gasteiger partial charge in [0.05, 0.1) is 17.6 Å². The highest BCUT2D eigenvalue weighted by atomic mass is 16.5. The number of benzene rings is 3. The van der Waals surface area contributed by atoms with Crippen LogP contribution in [0.2, 0.25) is 0 Å². The Bertz CT molecular complexity index is 1130. The zero-order valence-corrected chi connectivity index (χ0v) is 17.9. The Hall–Kier alpha value is -3.27. The lowest BCUT2D eigenvalue weighted by molar-refractivity contribution is 0.271. The Morgan fingerprint density at radius 2 is 1.70 bits per heavy atom. The molecule has 1 aromatic heterocycles. The lowest BCUT2D eigenvalue weighted by Gasteiger charge is -2.13. The lowest BCUT2D eigenvalue weighted by Crippen LogP contribution is -2.13. The summed E-state index contributed by atoms with van der Waals surface area (Å²) >= 11 is 0. The van der Waals surface area contributed by atoms with Crippen molar-refractivity contribution < 1.29 is 9.47 Å². The van der Waals surface area contributed by atoms with Gasteiger partial charge in [0, 0.05) is 0 Å². The summed E-state index contributed by atoms with van der Waals surface area (Å²) in [6, 6.07) is 22.8. The summed E-state index contributed by atoms with van der Waals surface area (Å²) in [6.07, 6.45) is 1.03. The van der Waals surface area contributed by atoms with Crippen LogP contribution in [0, 0.1) is 13.8 Å². The van der Waals surface area contributed by atoms with Crippen molar-refractivity contribution >= 4 is 11.0 Å². The summed E-state index contributed by atoms with van der Waals surface area (Å²) in [7, 11) is 0. The number of imidazole rings is 1. The molecule has 4 heteroatoms. The predicted molar refractivity (Wildman–Crippen MR) is 121 cm³/mol. The molecule has 0 spiro atoms. The summed E-state index contributed by atoms with van der Waals surface area (Å²) < 4.78 is 14.3. The van der Waals surface area contributed by atoms with Crippen molar-refractivity contribution in [3.8, 4) is 11.5 Å². The van der Waals surface area contributed by atoms with E-state index in [4.69, 9.17) is 14.5 Å². The van der Waals surface area contributed by atoms with Crippen LogP contribution in [0.25, 0.3) is 11.0 Å². The second-order valence-corrected chi connectivity index (χ2v) is 7.57. The number of aromatic nitrogens is 2. The summed E-state index contributed by atoms with van der Waals surface area (Å²) in [5, 5.41) is 0. The maximum Gasteiger partial charge on any atom is 0.148 e. The molecular formula is C26H28N2O2. The van der Waals surface area contributed by atoms with E-state index in [1.165, 1.54) is 11.1 Å². The number of nitrogens with zero attached hydrogens (tertiary/aromatic N) is 2. The first kappa shape index (κ1) is 20.0. The van der Waals surface area contributed by atoms with Gasteiger partial charge in [-0.3, -0.25) is 0 Å². The van der Waals surface area contributed by atoms with Gasteiger partial charge in [-0.2, -0.15) is 0 Å². The Morgan fingerprint density at radius 1 is 0.900 bits per heavy atom. The predicted octanol–water partition coefficient (Wildman–Crippen LogP) is 5.87. The largest absolute Gasteiger partial charge is 0.492 e. The molecular weight excluding hydrogens is 372 g/mol. The Labute approximate surface area is 178 Å². The quantitative estimate of drug-likeness (QED) is 0.371. The zero-order valence-electron chi connectivity index (χ0n) is 17.9. The van der Waals surface area contributed by atoms with Gasteiger partial charge in [-0.15, -0.1) is 0 Å². The van der Waals surface area contributed by atoms with Gasteiger partial charge in [0.1, 0.15) is 30.5 Å². The molecule has 0 aliphatic rings. The third-order valence-electron chi connectivity index (χ3n) is 5.35. The summed E-state index contributed by atoms with van der Waals surface area (Å²) in [5.74, 6) is 2.70. The van der Waals surface area contributed by atoms with Gasteiger partial charge in [0.2, 0.25) is 0 Å². The molecule has 0 N–H and O–H groups in total. The van der Waals surface area contributed by atoms with Crippen LogP contribution in [-0.2, 0) is 19.6 Å². The normalized spacial score (nSPS) is 11.0. The first-order chi connectivity index (χ1) is 14.6. The van der Waals surface area contributed by atoms with Gasteiger partial charge in [-0.05, 0) is 67.3 Å². The molecule has 0 unspecified atom stereocenters. The van der Waals surface area contributed by atoms with Crippen molar-refractivity contribution in [2.45, 2.75) is 40.3 Å². The number of aryl methyl sites for hydroxylation is 3. The molecule has 0 aliphatic heterocycles.